The smallest absolute Gasteiger partial charge is 0.338 e. The summed E-state index contributed by atoms with van der Waals surface area (Å²) >= 11 is 0. The first-order chi connectivity index (χ1) is 16.1. The van der Waals surface area contributed by atoms with E-state index in [0.29, 0.717) is 23.0 Å². The van der Waals surface area contributed by atoms with Crippen LogP contribution in [0.5, 0.6) is 0 Å². The van der Waals surface area contributed by atoms with E-state index in [9.17, 15) is 9.59 Å². The molecule has 0 amide bonds. The highest BCUT2D eigenvalue weighted by Crippen LogP contribution is 2.63. The van der Waals surface area contributed by atoms with Crippen molar-refractivity contribution in [2.45, 2.75) is 37.9 Å². The topological polar surface area (TPSA) is 52.6 Å². The second kappa shape index (κ2) is 7.87. The molecule has 3 aliphatic carbocycles. The van der Waals surface area contributed by atoms with Crippen LogP contribution in [-0.4, -0.2) is 24.1 Å². The zero-order valence-corrected chi connectivity index (χ0v) is 18.5. The quantitative estimate of drug-likeness (QED) is 0.515. The molecule has 3 aliphatic rings. The van der Waals surface area contributed by atoms with Crippen molar-refractivity contribution in [3.63, 3.8) is 0 Å². The summed E-state index contributed by atoms with van der Waals surface area (Å²) in [7, 11) is 0. The Labute approximate surface area is 193 Å². The van der Waals surface area contributed by atoms with Crippen molar-refractivity contribution in [2.75, 3.05) is 0 Å². The fourth-order valence-electron chi connectivity index (χ4n) is 6.56. The van der Waals surface area contributed by atoms with Crippen LogP contribution < -0.4 is 0 Å². The summed E-state index contributed by atoms with van der Waals surface area (Å²) in [6.07, 6.45) is 1.06. The molecule has 3 aromatic carbocycles. The van der Waals surface area contributed by atoms with E-state index in [2.05, 4.69) is 25.1 Å². The lowest BCUT2D eigenvalue weighted by Gasteiger charge is -2.37. The predicted molar refractivity (Wildman–Crippen MR) is 124 cm³/mol. The summed E-state index contributed by atoms with van der Waals surface area (Å²) in [6.45, 7) is 2.17. The van der Waals surface area contributed by atoms with Gasteiger partial charge in [0.2, 0.25) is 0 Å². The Balaban J connectivity index is 1.33. The van der Waals surface area contributed by atoms with Crippen LogP contribution in [-0.2, 0) is 15.9 Å². The number of fused-ring (bicyclic) bond motifs is 7. The molecule has 2 fully saturated rings. The van der Waals surface area contributed by atoms with Gasteiger partial charge in [-0.3, -0.25) is 0 Å². The molecule has 4 nitrogen and oxygen atoms in total. The van der Waals surface area contributed by atoms with E-state index in [1.165, 1.54) is 16.7 Å². The van der Waals surface area contributed by atoms with Crippen LogP contribution in [0.4, 0.5) is 0 Å². The maximum Gasteiger partial charge on any atom is 0.338 e. The SMILES string of the molecule is Cc1cccc2c1CC1C3CC(C(OC(=O)c4ccccc4)C3OC(=O)c3ccccc3)C21. The Hall–Kier alpha value is -3.40. The largest absolute Gasteiger partial charge is 0.455 e. The third kappa shape index (κ3) is 3.28. The molecule has 33 heavy (non-hydrogen) atoms. The monoisotopic (exact) mass is 438 g/mol. The highest BCUT2D eigenvalue weighted by Gasteiger charge is 2.63. The maximum atomic E-state index is 13.0. The summed E-state index contributed by atoms with van der Waals surface area (Å²) in [5, 5.41) is 0. The van der Waals surface area contributed by atoms with E-state index in [0.717, 1.165) is 12.8 Å². The van der Waals surface area contributed by atoms with Crippen LogP contribution in [0.2, 0.25) is 0 Å². The maximum absolute atomic E-state index is 13.0. The first-order valence-electron chi connectivity index (χ1n) is 11.7. The Bertz CT molecular complexity index is 1200. The number of carbonyl (C=O) groups excluding carboxylic acids is 2. The van der Waals surface area contributed by atoms with Crippen molar-refractivity contribution in [3.05, 3.63) is 107 Å². The summed E-state index contributed by atoms with van der Waals surface area (Å²) < 4.78 is 12.2. The van der Waals surface area contributed by atoms with E-state index >= 15 is 0 Å². The first-order valence-corrected chi connectivity index (χ1v) is 11.7. The van der Waals surface area contributed by atoms with Crippen LogP contribution in [0.3, 0.4) is 0 Å². The molecule has 0 N–H and O–H groups in total. The molecule has 0 aromatic heterocycles. The Morgan fingerprint density at radius 1 is 0.697 bits per heavy atom. The molecular weight excluding hydrogens is 412 g/mol. The second-order valence-electron chi connectivity index (χ2n) is 9.57. The number of esters is 2. The van der Waals surface area contributed by atoms with Gasteiger partial charge < -0.3 is 9.47 Å². The minimum atomic E-state index is -0.442. The Morgan fingerprint density at radius 2 is 1.27 bits per heavy atom. The van der Waals surface area contributed by atoms with Crippen molar-refractivity contribution in [1.82, 2.24) is 0 Å². The molecular formula is C29H26O4. The number of rotatable bonds is 4. The van der Waals surface area contributed by atoms with Gasteiger partial charge in [-0.2, -0.15) is 0 Å². The van der Waals surface area contributed by atoms with Gasteiger partial charge in [0.1, 0.15) is 12.2 Å². The van der Waals surface area contributed by atoms with Crippen LogP contribution in [0, 0.1) is 24.7 Å². The van der Waals surface area contributed by atoms with E-state index in [-0.39, 0.29) is 23.8 Å². The van der Waals surface area contributed by atoms with E-state index < -0.39 is 12.2 Å². The number of hydrogen-bond donors (Lipinski definition) is 0. The lowest BCUT2D eigenvalue weighted by molar-refractivity contribution is -0.0698. The van der Waals surface area contributed by atoms with Gasteiger partial charge in [0.15, 0.2) is 0 Å². The summed E-state index contributed by atoms with van der Waals surface area (Å²) in [4.78, 5) is 26.0. The van der Waals surface area contributed by atoms with Crippen molar-refractivity contribution in [2.24, 2.45) is 17.8 Å². The van der Waals surface area contributed by atoms with E-state index in [4.69, 9.17) is 9.47 Å². The Kier molecular flexibility index (Phi) is 4.83. The van der Waals surface area contributed by atoms with Gasteiger partial charge in [0.25, 0.3) is 0 Å². The molecule has 4 heteroatoms. The van der Waals surface area contributed by atoms with Gasteiger partial charge in [-0.05, 0) is 72.6 Å². The zero-order chi connectivity index (χ0) is 22.5. The van der Waals surface area contributed by atoms with E-state index in [1.54, 1.807) is 24.3 Å². The molecule has 6 rings (SSSR count). The fourth-order valence-corrected chi connectivity index (χ4v) is 6.56. The van der Waals surface area contributed by atoms with Crippen molar-refractivity contribution in [1.29, 1.82) is 0 Å². The highest BCUT2D eigenvalue weighted by atomic mass is 16.6. The summed E-state index contributed by atoms with van der Waals surface area (Å²) in [6, 6.07) is 24.6. The lowest BCUT2D eigenvalue weighted by atomic mass is 9.76. The predicted octanol–water partition coefficient (Wildman–Crippen LogP) is 5.35. The normalized spacial score (nSPS) is 28.8. The number of benzene rings is 3. The molecule has 0 spiro atoms. The third-order valence-electron chi connectivity index (χ3n) is 7.94. The molecule has 6 atom stereocenters. The van der Waals surface area contributed by atoms with Crippen LogP contribution >= 0.6 is 0 Å². The molecule has 0 heterocycles. The summed E-state index contributed by atoms with van der Waals surface area (Å²) in [5.41, 5.74) is 5.17. The zero-order valence-electron chi connectivity index (χ0n) is 18.5. The fraction of sp³-hybridized carbons (Fsp3) is 0.310. The van der Waals surface area contributed by atoms with Crippen molar-refractivity contribution in [3.8, 4) is 0 Å². The average molecular weight is 439 g/mol. The number of hydrogen-bond acceptors (Lipinski definition) is 4. The molecule has 0 aliphatic heterocycles. The molecule has 3 aromatic rings. The standard InChI is InChI=1S/C29H26O4/c1-17-9-8-14-20-21(17)15-22-23-16-24(25(20)22)27(33-29(31)19-12-6-3-7-13-19)26(23)32-28(30)18-10-4-2-5-11-18/h2-14,22-27H,15-16H2,1H3. The highest BCUT2D eigenvalue weighted by molar-refractivity contribution is 5.90. The number of ether oxygens (including phenoxy) is 2. The van der Waals surface area contributed by atoms with Crippen molar-refractivity contribution >= 4 is 11.9 Å². The first kappa shape index (κ1) is 20.2. The van der Waals surface area contributed by atoms with Gasteiger partial charge in [-0.15, -0.1) is 0 Å². The van der Waals surface area contributed by atoms with Crippen molar-refractivity contribution < 1.29 is 19.1 Å². The minimum absolute atomic E-state index is 0.157. The molecule has 166 valence electrons. The van der Waals surface area contributed by atoms with Gasteiger partial charge in [-0.25, -0.2) is 9.59 Å². The lowest BCUT2D eigenvalue weighted by Crippen LogP contribution is -2.45. The van der Waals surface area contributed by atoms with E-state index in [1.807, 2.05) is 36.4 Å². The molecule has 2 saturated carbocycles. The molecule has 6 unspecified atom stereocenters. The van der Waals surface area contributed by atoms with Crippen LogP contribution in [0.25, 0.3) is 0 Å². The molecule has 0 saturated heterocycles. The van der Waals surface area contributed by atoms with Gasteiger partial charge in [0, 0.05) is 11.8 Å². The molecule has 0 radical (unpaired) electrons. The van der Waals surface area contributed by atoms with Gasteiger partial charge in [-0.1, -0.05) is 54.6 Å². The third-order valence-corrected chi connectivity index (χ3v) is 7.94. The average Bonchev–Trinajstić information content (AvgIpc) is 3.51. The second-order valence-corrected chi connectivity index (χ2v) is 9.57. The molecule has 2 bridgehead atoms. The van der Waals surface area contributed by atoms with Crippen LogP contribution in [0.15, 0.2) is 78.9 Å². The summed E-state index contributed by atoms with van der Waals surface area (Å²) in [5.74, 6) is 0.416. The number of aryl methyl sites for hydroxylation is 1. The van der Waals surface area contributed by atoms with Gasteiger partial charge in [0.05, 0.1) is 11.1 Å². The van der Waals surface area contributed by atoms with Gasteiger partial charge >= 0.3 is 11.9 Å². The Morgan fingerprint density at radius 3 is 1.88 bits per heavy atom. The van der Waals surface area contributed by atoms with Crippen LogP contribution in [0.1, 0.15) is 49.7 Å². The minimum Gasteiger partial charge on any atom is -0.455 e. The number of carbonyl (C=O) groups is 2.